The Morgan fingerprint density at radius 2 is 1.82 bits per heavy atom. The van der Waals surface area contributed by atoms with E-state index in [0.29, 0.717) is 0 Å². The van der Waals surface area contributed by atoms with E-state index in [1.807, 2.05) is 0 Å². The van der Waals surface area contributed by atoms with Gasteiger partial charge in [0.15, 0.2) is 24.0 Å². The Bertz CT molecular complexity index is 1350. The Kier molecular flexibility index (Phi) is 8.66. The first-order valence-electron chi connectivity index (χ1n) is 11.5. The van der Waals surface area contributed by atoms with E-state index in [9.17, 15) is 44.1 Å². The molecule has 4 rings (SSSR count). The van der Waals surface area contributed by atoms with Crippen molar-refractivity contribution in [1.82, 2.24) is 24.8 Å². The van der Waals surface area contributed by atoms with E-state index < -0.39 is 83.3 Å². The highest BCUT2D eigenvalue weighted by Crippen LogP contribution is 2.61. The van der Waals surface area contributed by atoms with Gasteiger partial charge in [0.2, 0.25) is 5.91 Å². The fourth-order valence-corrected chi connectivity index (χ4v) is 6.36. The van der Waals surface area contributed by atoms with E-state index in [-0.39, 0.29) is 17.0 Å². The minimum atomic E-state index is -5.38. The van der Waals surface area contributed by atoms with Crippen molar-refractivity contribution < 1.29 is 67.0 Å². The van der Waals surface area contributed by atoms with Gasteiger partial charge in [-0.25, -0.2) is 24.1 Å². The summed E-state index contributed by atoms with van der Waals surface area (Å²) in [7, 11) is -10.7. The second kappa shape index (κ2) is 11.3. The number of aromatic nitrogens is 4. The number of carbonyl (C=O) groups excluding carboxylic acids is 1. The average molecular weight is 614 g/mol. The summed E-state index contributed by atoms with van der Waals surface area (Å²) in [4.78, 5) is 43.1. The van der Waals surface area contributed by atoms with Crippen LogP contribution in [0.3, 0.4) is 0 Å². The molecule has 0 spiro atoms. The van der Waals surface area contributed by atoms with Crippen molar-refractivity contribution in [2.45, 2.75) is 62.4 Å². The molecule has 0 aromatic carbocycles. The highest BCUT2D eigenvalue weighted by atomic mass is 31.3. The molecule has 0 bridgehead atoms. The first-order valence-corrected chi connectivity index (χ1v) is 14.4. The molecule has 2 aromatic rings. The fourth-order valence-electron chi connectivity index (χ4n) is 4.18. The number of anilines is 1. The van der Waals surface area contributed by atoms with Gasteiger partial charge >= 0.3 is 15.6 Å². The number of nitrogens with zero attached hydrogens (tertiary/aromatic N) is 4. The number of nitrogen functional groups attached to an aromatic ring is 1. The lowest BCUT2D eigenvalue weighted by Gasteiger charge is -2.28. The third-order valence-corrected chi connectivity index (χ3v) is 8.74. The lowest BCUT2D eigenvalue weighted by molar-refractivity contribution is -0.132. The van der Waals surface area contributed by atoms with Gasteiger partial charge in [-0.1, -0.05) is 0 Å². The quantitative estimate of drug-likeness (QED) is 0.126. The van der Waals surface area contributed by atoms with Crippen LogP contribution in [-0.4, -0.2) is 111 Å². The Hall–Kier alpha value is -2.16. The third kappa shape index (κ3) is 6.34. The number of hydrogen-bond donors (Lipinski definition) is 8. The minimum Gasteiger partial charge on any atom is -0.387 e. The summed E-state index contributed by atoms with van der Waals surface area (Å²) in [6, 6.07) is -1.24. The Morgan fingerprint density at radius 3 is 2.50 bits per heavy atom. The van der Waals surface area contributed by atoms with Gasteiger partial charge in [0, 0.05) is 6.92 Å². The van der Waals surface area contributed by atoms with Gasteiger partial charge in [-0.3, -0.25) is 18.4 Å². The second-order valence-electron chi connectivity index (χ2n) is 9.21. The summed E-state index contributed by atoms with van der Waals surface area (Å²) in [6.45, 7) is 0.555. The van der Waals surface area contributed by atoms with E-state index in [1.54, 1.807) is 0 Å². The molecule has 9 N–H and O–H groups in total. The van der Waals surface area contributed by atoms with Crippen LogP contribution in [0, 0.1) is 0 Å². The third-order valence-electron chi connectivity index (χ3n) is 6.16. The van der Waals surface area contributed by atoms with Crippen LogP contribution < -0.4 is 11.1 Å². The number of rotatable bonds is 10. The number of nitrogens with one attached hydrogen (secondary N) is 1. The number of nitrogens with two attached hydrogens (primary N) is 1. The molecule has 2 saturated heterocycles. The molecule has 2 aliphatic rings. The number of ether oxygens (including phenoxy) is 2. The molecule has 224 valence electrons. The molecule has 22 heteroatoms. The zero-order chi connectivity index (χ0) is 29.6. The van der Waals surface area contributed by atoms with E-state index in [4.69, 9.17) is 19.7 Å². The Morgan fingerprint density at radius 1 is 1.15 bits per heavy atom. The Labute approximate surface area is 224 Å². The van der Waals surface area contributed by atoms with Crippen molar-refractivity contribution in [2.24, 2.45) is 0 Å². The number of aliphatic hydroxyl groups excluding tert-OH is 4. The number of carbonyl (C=O) groups is 1. The highest BCUT2D eigenvalue weighted by molar-refractivity contribution is 7.61. The topological polar surface area (TPSA) is 300 Å². The van der Waals surface area contributed by atoms with Gasteiger partial charge in [-0.15, -0.1) is 0 Å². The number of imidazole rings is 1. The number of phosphoric ester groups is 2. The first kappa shape index (κ1) is 30.8. The summed E-state index contributed by atoms with van der Waals surface area (Å²) in [5.74, 6) is -0.561. The first-order chi connectivity index (χ1) is 18.5. The molecule has 0 saturated carbocycles. The molecule has 10 atom stereocenters. The summed E-state index contributed by atoms with van der Waals surface area (Å²) in [5.41, 5.74) is 4.26. The van der Waals surface area contributed by atoms with E-state index >= 15 is 0 Å². The molecule has 40 heavy (non-hydrogen) atoms. The van der Waals surface area contributed by atoms with Crippen molar-refractivity contribution in [3.8, 4) is 0 Å². The Balaban J connectivity index is 1.38. The van der Waals surface area contributed by atoms with Crippen LogP contribution in [-0.2, 0) is 36.8 Å². The zero-order valence-corrected chi connectivity index (χ0v) is 22.6. The van der Waals surface area contributed by atoms with Crippen LogP contribution in [0.15, 0.2) is 12.7 Å². The number of amides is 1. The molecule has 0 radical (unpaired) electrons. The molecular weight excluding hydrogens is 586 g/mol. The predicted octanol–water partition coefficient (Wildman–Crippen LogP) is -2.75. The molecule has 20 nitrogen and oxygen atoms in total. The summed E-state index contributed by atoms with van der Waals surface area (Å²) < 4.78 is 50.3. The number of phosphoric acid groups is 2. The van der Waals surface area contributed by atoms with Gasteiger partial charge in [0.25, 0.3) is 0 Å². The average Bonchev–Trinajstić information content (AvgIpc) is 3.47. The molecule has 0 aliphatic carbocycles. The van der Waals surface area contributed by atoms with Gasteiger partial charge in [-0.05, 0) is 6.92 Å². The lowest BCUT2D eigenvalue weighted by atomic mass is 9.99. The smallest absolute Gasteiger partial charge is 0.387 e. The van der Waals surface area contributed by atoms with Crippen LogP contribution in [0.5, 0.6) is 0 Å². The molecule has 1 amide bonds. The predicted molar refractivity (Wildman–Crippen MR) is 127 cm³/mol. The molecular formula is C18H28N6O14P2. The maximum absolute atomic E-state index is 12.4. The van der Waals surface area contributed by atoms with Crippen LogP contribution in [0.1, 0.15) is 20.1 Å². The SMILES string of the molecule is CC(=O)N[C@@H]1C(O)[C@H](O)O[C@@H]1COP(=O)(O)OP(=O)(O)OC[C@@]1(C)O[C@@H](n2cnc3c(N)ncnc32)C(O)C1O. The van der Waals surface area contributed by atoms with Gasteiger partial charge in [0.05, 0.1) is 25.6 Å². The highest BCUT2D eigenvalue weighted by Gasteiger charge is 2.54. The van der Waals surface area contributed by atoms with Gasteiger partial charge < -0.3 is 50.7 Å². The van der Waals surface area contributed by atoms with Crippen molar-refractivity contribution in [3.63, 3.8) is 0 Å². The minimum absolute atomic E-state index is 0.0504. The van der Waals surface area contributed by atoms with Crippen molar-refractivity contribution >= 4 is 38.5 Å². The molecule has 4 heterocycles. The van der Waals surface area contributed by atoms with Crippen LogP contribution in [0.25, 0.3) is 11.2 Å². The fraction of sp³-hybridized carbons (Fsp3) is 0.667. The monoisotopic (exact) mass is 614 g/mol. The van der Waals surface area contributed by atoms with Gasteiger partial charge in [0.1, 0.15) is 41.9 Å². The summed E-state index contributed by atoms with van der Waals surface area (Å²) >= 11 is 0. The van der Waals surface area contributed by atoms with Gasteiger partial charge in [-0.2, -0.15) is 4.31 Å². The van der Waals surface area contributed by atoms with Crippen molar-refractivity contribution in [1.29, 1.82) is 0 Å². The van der Waals surface area contributed by atoms with Crippen molar-refractivity contribution in [3.05, 3.63) is 12.7 Å². The summed E-state index contributed by atoms with van der Waals surface area (Å²) in [5, 5.41) is 43.0. The second-order valence-corrected chi connectivity index (χ2v) is 12.3. The number of hydrogen-bond acceptors (Lipinski definition) is 16. The van der Waals surface area contributed by atoms with E-state index in [1.165, 1.54) is 17.8 Å². The summed E-state index contributed by atoms with van der Waals surface area (Å²) in [6.07, 6.45) is -6.92. The standard InChI is InChI=1S/C18H28N6O14P2/c1-7(25)23-9-8(36-17(29)11(9)26)3-34-39(30,31)38-40(32,33)35-4-18(2)13(28)12(27)16(37-18)24-6-22-10-14(19)20-5-21-15(10)24/h5-6,8-9,11-13,16-17,26-29H,3-4H2,1-2H3,(H,23,25)(H,30,31)(H,32,33)(H2,19,20,21)/t8-,9+,11?,12?,13?,16-,17-,18-/m1/s1. The van der Waals surface area contributed by atoms with Crippen molar-refractivity contribution in [2.75, 3.05) is 18.9 Å². The molecule has 2 fully saturated rings. The number of aliphatic hydroxyl groups is 4. The number of fused-ring (bicyclic) bond motifs is 1. The maximum Gasteiger partial charge on any atom is 0.481 e. The zero-order valence-electron chi connectivity index (χ0n) is 20.8. The molecule has 5 unspecified atom stereocenters. The largest absolute Gasteiger partial charge is 0.481 e. The molecule has 2 aliphatic heterocycles. The van der Waals surface area contributed by atoms with Crippen LogP contribution >= 0.6 is 15.6 Å². The van der Waals surface area contributed by atoms with Crippen LogP contribution in [0.4, 0.5) is 5.82 Å². The lowest BCUT2D eigenvalue weighted by Crippen LogP contribution is -2.48. The molecule has 2 aromatic heterocycles. The van der Waals surface area contributed by atoms with E-state index in [0.717, 1.165) is 13.3 Å². The van der Waals surface area contributed by atoms with Crippen LogP contribution in [0.2, 0.25) is 0 Å². The van der Waals surface area contributed by atoms with E-state index in [2.05, 4.69) is 29.1 Å². The maximum atomic E-state index is 12.4. The normalized spacial score (nSPS) is 35.5.